The number of amidine groups is 1. The molecular formula is C14H21N3O2. The van der Waals surface area contributed by atoms with Gasteiger partial charge >= 0.3 is 0 Å². The van der Waals surface area contributed by atoms with Crippen molar-refractivity contribution in [3.05, 3.63) is 29.3 Å². The first kappa shape index (κ1) is 13.7. The summed E-state index contributed by atoms with van der Waals surface area (Å²) in [7, 11) is 0. The van der Waals surface area contributed by atoms with Gasteiger partial charge in [0.2, 0.25) is 0 Å². The van der Waals surface area contributed by atoms with Crippen LogP contribution in [0.25, 0.3) is 0 Å². The van der Waals surface area contributed by atoms with Gasteiger partial charge in [-0.25, -0.2) is 0 Å². The molecule has 0 spiro atoms. The first-order valence-corrected chi connectivity index (χ1v) is 6.66. The molecule has 104 valence electrons. The molecule has 0 amide bonds. The van der Waals surface area contributed by atoms with E-state index in [0.29, 0.717) is 6.54 Å². The van der Waals surface area contributed by atoms with Gasteiger partial charge in [-0.1, -0.05) is 24.2 Å². The summed E-state index contributed by atoms with van der Waals surface area (Å²) in [5.41, 5.74) is 8.14. The Morgan fingerprint density at radius 1 is 1.53 bits per heavy atom. The molecule has 0 fully saturated rings. The predicted octanol–water partition coefficient (Wildman–Crippen LogP) is 1.23. The quantitative estimate of drug-likeness (QED) is 0.350. The largest absolute Gasteiger partial charge is 0.493 e. The van der Waals surface area contributed by atoms with Crippen LogP contribution in [0.5, 0.6) is 5.75 Å². The second kappa shape index (κ2) is 6.43. The number of rotatable bonds is 6. The predicted molar refractivity (Wildman–Crippen MR) is 74.9 cm³/mol. The van der Waals surface area contributed by atoms with E-state index in [1.54, 1.807) is 0 Å². The van der Waals surface area contributed by atoms with Crippen molar-refractivity contribution in [2.45, 2.75) is 19.8 Å². The zero-order valence-electron chi connectivity index (χ0n) is 11.3. The number of benzene rings is 1. The van der Waals surface area contributed by atoms with Gasteiger partial charge in [-0.3, -0.25) is 4.90 Å². The van der Waals surface area contributed by atoms with Crippen molar-refractivity contribution in [2.24, 2.45) is 10.9 Å². The van der Waals surface area contributed by atoms with E-state index in [2.05, 4.69) is 35.2 Å². The standard InChI is InChI=1S/C14H21N3O2/c1-2-17(10-14(15)16-18)7-5-11-3-4-13-12(9-11)6-8-19-13/h3-4,9,18H,2,5-8,10H2,1H3,(H2,15,16). The van der Waals surface area contributed by atoms with Crippen LogP contribution in [0.3, 0.4) is 0 Å². The smallest absolute Gasteiger partial charge is 0.153 e. The summed E-state index contributed by atoms with van der Waals surface area (Å²) >= 11 is 0. The van der Waals surface area contributed by atoms with Crippen molar-refractivity contribution in [1.82, 2.24) is 4.90 Å². The van der Waals surface area contributed by atoms with Gasteiger partial charge in [0.05, 0.1) is 13.2 Å². The van der Waals surface area contributed by atoms with E-state index in [4.69, 9.17) is 15.7 Å². The highest BCUT2D eigenvalue weighted by atomic mass is 16.5. The second-order valence-electron chi connectivity index (χ2n) is 4.75. The van der Waals surface area contributed by atoms with Gasteiger partial charge in [-0.15, -0.1) is 0 Å². The van der Waals surface area contributed by atoms with Crippen LogP contribution in [0.2, 0.25) is 0 Å². The Morgan fingerprint density at radius 3 is 3.11 bits per heavy atom. The lowest BCUT2D eigenvalue weighted by molar-refractivity contribution is 0.300. The first-order chi connectivity index (χ1) is 9.22. The zero-order chi connectivity index (χ0) is 13.7. The highest BCUT2D eigenvalue weighted by molar-refractivity contribution is 5.81. The number of nitrogens with zero attached hydrogens (tertiary/aromatic N) is 2. The zero-order valence-corrected chi connectivity index (χ0v) is 11.3. The van der Waals surface area contributed by atoms with Crippen LogP contribution in [0, 0.1) is 0 Å². The van der Waals surface area contributed by atoms with Crippen molar-refractivity contribution < 1.29 is 9.94 Å². The minimum atomic E-state index is 0.254. The maximum absolute atomic E-state index is 8.59. The van der Waals surface area contributed by atoms with Crippen molar-refractivity contribution in [2.75, 3.05) is 26.2 Å². The average molecular weight is 263 g/mol. The Hall–Kier alpha value is -1.75. The van der Waals surface area contributed by atoms with Crippen molar-refractivity contribution in [3.8, 4) is 5.75 Å². The van der Waals surface area contributed by atoms with Gasteiger partial charge in [0.25, 0.3) is 0 Å². The van der Waals surface area contributed by atoms with Gasteiger partial charge in [0.1, 0.15) is 5.75 Å². The van der Waals surface area contributed by atoms with Crippen molar-refractivity contribution >= 4 is 5.84 Å². The number of fused-ring (bicyclic) bond motifs is 1. The molecule has 1 aromatic rings. The lowest BCUT2D eigenvalue weighted by Crippen LogP contribution is -2.35. The summed E-state index contributed by atoms with van der Waals surface area (Å²) in [6.07, 6.45) is 1.96. The first-order valence-electron chi connectivity index (χ1n) is 6.66. The Morgan fingerprint density at radius 2 is 2.37 bits per heavy atom. The molecule has 5 nitrogen and oxygen atoms in total. The molecule has 1 aliphatic heterocycles. The SMILES string of the molecule is CCN(CCc1ccc2c(c1)CCO2)CC(N)=NO. The molecular weight excluding hydrogens is 242 g/mol. The van der Waals surface area contributed by atoms with E-state index in [0.717, 1.165) is 38.3 Å². The normalized spacial score (nSPS) is 14.5. The number of likely N-dealkylation sites (N-methyl/N-ethyl adjacent to an activating group) is 1. The number of hydrogen-bond acceptors (Lipinski definition) is 4. The summed E-state index contributed by atoms with van der Waals surface area (Å²) in [5, 5.41) is 11.6. The highest BCUT2D eigenvalue weighted by Crippen LogP contribution is 2.25. The maximum Gasteiger partial charge on any atom is 0.153 e. The fourth-order valence-electron chi connectivity index (χ4n) is 2.29. The van der Waals surface area contributed by atoms with Crippen LogP contribution in [-0.4, -0.2) is 42.2 Å². The molecule has 0 aromatic heterocycles. The van der Waals surface area contributed by atoms with Gasteiger partial charge in [-0.05, 0) is 30.2 Å². The Labute approximate surface area is 113 Å². The van der Waals surface area contributed by atoms with E-state index in [1.165, 1.54) is 11.1 Å². The Balaban J connectivity index is 1.90. The Bertz CT molecular complexity index is 460. The second-order valence-corrected chi connectivity index (χ2v) is 4.75. The summed E-state index contributed by atoms with van der Waals surface area (Å²) < 4.78 is 5.50. The van der Waals surface area contributed by atoms with Crippen molar-refractivity contribution in [3.63, 3.8) is 0 Å². The fraction of sp³-hybridized carbons (Fsp3) is 0.500. The molecule has 2 rings (SSSR count). The van der Waals surface area contributed by atoms with Gasteiger partial charge < -0.3 is 15.7 Å². The molecule has 0 unspecified atom stereocenters. The van der Waals surface area contributed by atoms with Crippen LogP contribution in [0.1, 0.15) is 18.1 Å². The van der Waals surface area contributed by atoms with E-state index in [9.17, 15) is 0 Å². The molecule has 3 N–H and O–H groups in total. The van der Waals surface area contributed by atoms with Crippen LogP contribution in [-0.2, 0) is 12.8 Å². The number of nitrogens with two attached hydrogens (primary N) is 1. The molecule has 19 heavy (non-hydrogen) atoms. The molecule has 0 radical (unpaired) electrons. The summed E-state index contributed by atoms with van der Waals surface area (Å²) in [5.74, 6) is 1.27. The van der Waals surface area contributed by atoms with Crippen LogP contribution >= 0.6 is 0 Å². The maximum atomic E-state index is 8.59. The van der Waals surface area contributed by atoms with E-state index in [-0.39, 0.29) is 5.84 Å². The molecule has 0 bridgehead atoms. The summed E-state index contributed by atoms with van der Waals surface area (Å²) in [4.78, 5) is 2.15. The molecule has 1 heterocycles. The number of hydrogen-bond donors (Lipinski definition) is 2. The van der Waals surface area contributed by atoms with Gasteiger partial charge in [0.15, 0.2) is 5.84 Å². The van der Waals surface area contributed by atoms with Crippen molar-refractivity contribution in [1.29, 1.82) is 0 Å². The number of ether oxygens (including phenoxy) is 1. The summed E-state index contributed by atoms with van der Waals surface area (Å²) in [6, 6.07) is 6.39. The topological polar surface area (TPSA) is 71.1 Å². The van der Waals surface area contributed by atoms with Crippen LogP contribution in [0.4, 0.5) is 0 Å². The molecule has 0 saturated carbocycles. The lowest BCUT2D eigenvalue weighted by Gasteiger charge is -2.19. The number of oxime groups is 1. The fourth-order valence-corrected chi connectivity index (χ4v) is 2.29. The third-order valence-corrected chi connectivity index (χ3v) is 3.43. The molecule has 0 aliphatic carbocycles. The van der Waals surface area contributed by atoms with Crippen LogP contribution < -0.4 is 10.5 Å². The van der Waals surface area contributed by atoms with E-state index >= 15 is 0 Å². The average Bonchev–Trinajstić information content (AvgIpc) is 2.90. The highest BCUT2D eigenvalue weighted by Gasteiger charge is 2.12. The molecule has 1 aliphatic rings. The monoisotopic (exact) mass is 263 g/mol. The van der Waals surface area contributed by atoms with E-state index in [1.807, 2.05) is 0 Å². The molecule has 1 aromatic carbocycles. The summed E-state index contributed by atoms with van der Waals surface area (Å²) in [6.45, 7) is 5.14. The molecule has 5 heteroatoms. The minimum absolute atomic E-state index is 0.254. The van der Waals surface area contributed by atoms with Crippen LogP contribution in [0.15, 0.2) is 23.4 Å². The lowest BCUT2D eigenvalue weighted by atomic mass is 10.1. The Kier molecular flexibility index (Phi) is 4.63. The minimum Gasteiger partial charge on any atom is -0.493 e. The van der Waals surface area contributed by atoms with Gasteiger partial charge in [-0.2, -0.15) is 0 Å². The molecule has 0 saturated heterocycles. The van der Waals surface area contributed by atoms with E-state index < -0.39 is 0 Å². The van der Waals surface area contributed by atoms with Gasteiger partial charge in [0, 0.05) is 13.0 Å². The third kappa shape index (κ3) is 3.61. The molecule has 0 atom stereocenters. The third-order valence-electron chi connectivity index (χ3n) is 3.43.